The summed E-state index contributed by atoms with van der Waals surface area (Å²) in [5.74, 6) is 0. The van der Waals surface area contributed by atoms with Crippen LogP contribution in [0.2, 0.25) is 0 Å². The van der Waals surface area contributed by atoms with Gasteiger partial charge in [-0.3, -0.25) is 4.55 Å². The maximum Gasteiger partial charge on any atom is 0.294 e. The Morgan fingerprint density at radius 1 is 1.25 bits per heavy atom. The molecule has 0 heterocycles. The van der Waals surface area contributed by atoms with Gasteiger partial charge in [0.15, 0.2) is 0 Å². The molecule has 0 saturated carbocycles. The molecule has 2 atom stereocenters. The van der Waals surface area contributed by atoms with Crippen LogP contribution in [0.15, 0.2) is 29.2 Å². The van der Waals surface area contributed by atoms with Crippen LogP contribution in [0.4, 0.5) is 5.69 Å². The molecule has 0 amide bonds. The second kappa shape index (κ2) is 7.06. The highest BCUT2D eigenvalue weighted by atomic mass is 32.2. The first-order valence-corrected chi connectivity index (χ1v) is 8.25. The maximum absolute atomic E-state index is 11.2. The van der Waals surface area contributed by atoms with Gasteiger partial charge in [0.2, 0.25) is 0 Å². The van der Waals surface area contributed by atoms with Gasteiger partial charge in [-0.15, -0.1) is 0 Å². The van der Waals surface area contributed by atoms with Crippen molar-refractivity contribution in [1.29, 1.82) is 0 Å². The van der Waals surface area contributed by atoms with Crippen molar-refractivity contribution in [3.05, 3.63) is 24.3 Å². The normalized spacial score (nSPS) is 14.8. The van der Waals surface area contributed by atoms with E-state index in [-0.39, 0.29) is 23.6 Å². The van der Waals surface area contributed by atoms with Crippen LogP contribution in [0.5, 0.6) is 0 Å². The second-order valence-corrected chi connectivity index (χ2v) is 6.30. The first-order valence-electron chi connectivity index (χ1n) is 6.81. The van der Waals surface area contributed by atoms with Crippen molar-refractivity contribution in [1.82, 2.24) is 0 Å². The molecule has 1 rings (SSSR count). The molecular formula is C14H23NO4S. The van der Waals surface area contributed by atoms with Crippen molar-refractivity contribution >= 4 is 15.8 Å². The molecule has 0 saturated heterocycles. The minimum absolute atomic E-state index is 0.00303. The molecule has 0 aliphatic rings. The van der Waals surface area contributed by atoms with Crippen LogP contribution in [0.1, 0.15) is 33.6 Å². The molecule has 114 valence electrons. The summed E-state index contributed by atoms with van der Waals surface area (Å²) in [6, 6.07) is 6.26. The number of aliphatic hydroxyl groups excluding tert-OH is 1. The Labute approximate surface area is 121 Å². The monoisotopic (exact) mass is 301 g/mol. The van der Waals surface area contributed by atoms with Crippen LogP contribution >= 0.6 is 0 Å². The van der Waals surface area contributed by atoms with Crippen LogP contribution in [0.25, 0.3) is 0 Å². The molecule has 0 radical (unpaired) electrons. The van der Waals surface area contributed by atoms with E-state index in [0.29, 0.717) is 5.69 Å². The van der Waals surface area contributed by atoms with Gasteiger partial charge >= 0.3 is 0 Å². The number of hydrogen-bond acceptors (Lipinski definition) is 4. The summed E-state index contributed by atoms with van der Waals surface area (Å²) in [7, 11) is -4.22. The average molecular weight is 301 g/mol. The Bertz CT molecular complexity index is 526. The molecule has 20 heavy (non-hydrogen) atoms. The third kappa shape index (κ3) is 3.94. The van der Waals surface area contributed by atoms with E-state index in [1.54, 1.807) is 12.1 Å². The van der Waals surface area contributed by atoms with Crippen molar-refractivity contribution in [3.8, 4) is 0 Å². The van der Waals surface area contributed by atoms with E-state index in [1.807, 2.05) is 25.7 Å². The zero-order valence-corrected chi connectivity index (χ0v) is 13.0. The number of rotatable bonds is 7. The largest absolute Gasteiger partial charge is 0.394 e. The number of benzene rings is 1. The van der Waals surface area contributed by atoms with Crippen LogP contribution < -0.4 is 4.90 Å². The van der Waals surface area contributed by atoms with E-state index in [9.17, 15) is 13.5 Å². The summed E-state index contributed by atoms with van der Waals surface area (Å²) in [5.41, 5.74) is 0.690. The van der Waals surface area contributed by atoms with Gasteiger partial charge in [0.05, 0.1) is 17.5 Å². The summed E-state index contributed by atoms with van der Waals surface area (Å²) in [4.78, 5) is 1.88. The topological polar surface area (TPSA) is 77.8 Å². The van der Waals surface area contributed by atoms with E-state index in [0.717, 1.165) is 12.8 Å². The number of hydrogen-bond donors (Lipinski definition) is 2. The van der Waals surface area contributed by atoms with Gasteiger partial charge in [-0.25, -0.2) is 0 Å². The lowest BCUT2D eigenvalue weighted by atomic mass is 10.1. The molecule has 2 unspecified atom stereocenters. The summed E-state index contributed by atoms with van der Waals surface area (Å²) in [5, 5.41) is 9.52. The van der Waals surface area contributed by atoms with Gasteiger partial charge in [-0.05, 0) is 38.0 Å². The Hall–Kier alpha value is -1.11. The predicted octanol–water partition coefficient (Wildman–Crippen LogP) is 2.31. The summed E-state index contributed by atoms with van der Waals surface area (Å²) >= 11 is 0. The van der Waals surface area contributed by atoms with Crippen molar-refractivity contribution < 1.29 is 18.1 Å². The van der Waals surface area contributed by atoms with Gasteiger partial charge in [0, 0.05) is 11.7 Å². The van der Waals surface area contributed by atoms with Crippen LogP contribution in [0.3, 0.4) is 0 Å². The third-order valence-electron chi connectivity index (χ3n) is 3.55. The predicted molar refractivity (Wildman–Crippen MR) is 79.7 cm³/mol. The van der Waals surface area contributed by atoms with Crippen LogP contribution in [0, 0.1) is 0 Å². The SMILES string of the molecule is CCC(C)N(c1cccc(S(=O)(=O)O)c1)C(CC)CO. The zero-order valence-electron chi connectivity index (χ0n) is 12.2. The quantitative estimate of drug-likeness (QED) is 0.756. The lowest BCUT2D eigenvalue weighted by Crippen LogP contribution is -2.43. The second-order valence-electron chi connectivity index (χ2n) is 4.88. The highest BCUT2D eigenvalue weighted by Gasteiger charge is 2.22. The number of anilines is 1. The van der Waals surface area contributed by atoms with Crippen molar-refractivity contribution in [3.63, 3.8) is 0 Å². The Balaban J connectivity index is 3.27. The van der Waals surface area contributed by atoms with Crippen molar-refractivity contribution in [2.24, 2.45) is 0 Å². The van der Waals surface area contributed by atoms with Gasteiger partial charge in [0.1, 0.15) is 0 Å². The Morgan fingerprint density at radius 3 is 2.35 bits per heavy atom. The molecule has 0 fully saturated rings. The first kappa shape index (κ1) is 16.9. The van der Waals surface area contributed by atoms with Gasteiger partial charge in [-0.2, -0.15) is 8.42 Å². The fourth-order valence-corrected chi connectivity index (χ4v) is 2.76. The van der Waals surface area contributed by atoms with Crippen LogP contribution in [-0.4, -0.2) is 36.8 Å². The highest BCUT2D eigenvalue weighted by molar-refractivity contribution is 7.85. The smallest absolute Gasteiger partial charge is 0.294 e. The van der Waals surface area contributed by atoms with E-state index in [1.165, 1.54) is 12.1 Å². The molecule has 0 aliphatic carbocycles. The first-order chi connectivity index (χ1) is 9.35. The summed E-state index contributed by atoms with van der Waals surface area (Å²) in [6.07, 6.45) is 1.61. The fraction of sp³-hybridized carbons (Fsp3) is 0.571. The third-order valence-corrected chi connectivity index (χ3v) is 4.40. The molecule has 1 aromatic carbocycles. The average Bonchev–Trinajstić information content (AvgIpc) is 2.43. The standard InChI is InChI=1S/C14H23NO4S/c1-4-11(3)15(12(5-2)10-16)13-7-6-8-14(9-13)20(17,18)19/h6-9,11-12,16H,4-5,10H2,1-3H3,(H,17,18,19). The van der Waals surface area contributed by atoms with E-state index in [4.69, 9.17) is 4.55 Å². The zero-order chi connectivity index (χ0) is 15.3. The molecule has 0 spiro atoms. The van der Waals surface area contributed by atoms with Gasteiger partial charge in [-0.1, -0.05) is 19.9 Å². The van der Waals surface area contributed by atoms with E-state index < -0.39 is 10.1 Å². The molecule has 2 N–H and O–H groups in total. The number of aliphatic hydroxyl groups is 1. The maximum atomic E-state index is 11.2. The lowest BCUT2D eigenvalue weighted by Gasteiger charge is -2.37. The minimum atomic E-state index is -4.22. The number of nitrogens with zero attached hydrogens (tertiary/aromatic N) is 1. The van der Waals surface area contributed by atoms with Gasteiger partial charge < -0.3 is 10.0 Å². The van der Waals surface area contributed by atoms with E-state index in [2.05, 4.69) is 0 Å². The Morgan fingerprint density at radius 2 is 1.90 bits per heavy atom. The summed E-state index contributed by atoms with van der Waals surface area (Å²) < 4.78 is 31.6. The van der Waals surface area contributed by atoms with Gasteiger partial charge in [0.25, 0.3) is 10.1 Å². The Kier molecular flexibility index (Phi) is 5.98. The molecule has 1 aromatic rings. The molecule has 0 aromatic heterocycles. The van der Waals surface area contributed by atoms with Crippen molar-refractivity contribution in [2.75, 3.05) is 11.5 Å². The van der Waals surface area contributed by atoms with Crippen LogP contribution in [-0.2, 0) is 10.1 Å². The van der Waals surface area contributed by atoms with Crippen molar-refractivity contribution in [2.45, 2.75) is 50.6 Å². The molecular weight excluding hydrogens is 278 g/mol. The lowest BCUT2D eigenvalue weighted by molar-refractivity contribution is 0.249. The molecule has 0 aliphatic heterocycles. The summed E-state index contributed by atoms with van der Waals surface area (Å²) in [6.45, 7) is 6.03. The molecule has 0 bridgehead atoms. The van der Waals surface area contributed by atoms with E-state index >= 15 is 0 Å². The highest BCUT2D eigenvalue weighted by Crippen LogP contribution is 2.25. The fourth-order valence-electron chi connectivity index (χ4n) is 2.24. The minimum Gasteiger partial charge on any atom is -0.394 e. The molecule has 5 nitrogen and oxygen atoms in total. The molecule has 6 heteroatoms.